The lowest BCUT2D eigenvalue weighted by Gasteiger charge is -2.14. The molecule has 106 valence electrons. The molecule has 0 aliphatic carbocycles. The molecule has 18 heavy (non-hydrogen) atoms. The van der Waals surface area contributed by atoms with Gasteiger partial charge in [-0.15, -0.1) is 0 Å². The predicted octanol–water partition coefficient (Wildman–Crippen LogP) is 1.87. The molecule has 0 fully saturated rings. The first-order valence-electron chi connectivity index (χ1n) is 6.97. The number of Topliss-reactive ketones (excluding diaryl/α,β-unsaturated/α-hetero) is 1. The smallest absolute Gasteiger partial charge is 0.222 e. The van der Waals surface area contributed by atoms with Gasteiger partial charge in [0.2, 0.25) is 5.91 Å². The average molecular weight is 256 g/mol. The average Bonchev–Trinajstić information content (AvgIpc) is 2.35. The Morgan fingerprint density at radius 3 is 2.28 bits per heavy atom. The van der Waals surface area contributed by atoms with Gasteiger partial charge in [-0.1, -0.05) is 27.7 Å². The summed E-state index contributed by atoms with van der Waals surface area (Å²) in [6, 6.07) is -0.347. The zero-order valence-electron chi connectivity index (χ0n) is 12.2. The van der Waals surface area contributed by atoms with Crippen molar-refractivity contribution < 1.29 is 9.59 Å². The Kier molecular flexibility index (Phi) is 8.63. The number of rotatable bonds is 9. The molecule has 0 aromatic heterocycles. The van der Waals surface area contributed by atoms with E-state index >= 15 is 0 Å². The Morgan fingerprint density at radius 1 is 1.17 bits per heavy atom. The van der Waals surface area contributed by atoms with E-state index in [1.807, 2.05) is 27.7 Å². The number of carbonyl (C=O) groups is 2. The van der Waals surface area contributed by atoms with E-state index in [0.29, 0.717) is 13.0 Å². The molecule has 2 atom stereocenters. The van der Waals surface area contributed by atoms with Crippen molar-refractivity contribution in [1.29, 1.82) is 0 Å². The molecule has 0 aromatic rings. The number of amides is 1. The molecular formula is C14H28N2O2. The number of hydrogen-bond acceptors (Lipinski definition) is 3. The van der Waals surface area contributed by atoms with Crippen LogP contribution in [0.15, 0.2) is 0 Å². The maximum Gasteiger partial charge on any atom is 0.222 e. The van der Waals surface area contributed by atoms with Gasteiger partial charge < -0.3 is 11.1 Å². The van der Waals surface area contributed by atoms with E-state index < -0.39 is 0 Å². The summed E-state index contributed by atoms with van der Waals surface area (Å²) in [5.74, 6) is 0.318. The molecule has 0 aromatic carbocycles. The van der Waals surface area contributed by atoms with Gasteiger partial charge in [-0.25, -0.2) is 0 Å². The summed E-state index contributed by atoms with van der Waals surface area (Å²) in [6.07, 6.45) is 3.30. The normalized spacial score (nSPS) is 14.3. The lowest BCUT2D eigenvalue weighted by Crippen LogP contribution is -2.34. The van der Waals surface area contributed by atoms with E-state index in [1.54, 1.807) is 0 Å². The molecule has 0 radical (unpaired) electrons. The molecular weight excluding hydrogens is 228 g/mol. The quantitative estimate of drug-likeness (QED) is 0.619. The standard InChI is InChI=1S/C14H28N2O2/c1-5-11(4)13(17)12(15)8-6-7-9-16-14(18)10(2)3/h10-12H,5-9,15H2,1-4H3,(H,16,18). The molecule has 0 bridgehead atoms. The fraction of sp³-hybridized carbons (Fsp3) is 0.857. The monoisotopic (exact) mass is 256 g/mol. The third-order valence-electron chi connectivity index (χ3n) is 3.23. The van der Waals surface area contributed by atoms with Gasteiger partial charge in [-0.3, -0.25) is 9.59 Å². The molecule has 0 rings (SSSR count). The van der Waals surface area contributed by atoms with Crippen LogP contribution in [-0.4, -0.2) is 24.3 Å². The van der Waals surface area contributed by atoms with Gasteiger partial charge in [-0.2, -0.15) is 0 Å². The predicted molar refractivity (Wildman–Crippen MR) is 74.1 cm³/mol. The van der Waals surface area contributed by atoms with Crippen LogP contribution in [0, 0.1) is 11.8 Å². The minimum absolute atomic E-state index is 0.0271. The summed E-state index contributed by atoms with van der Waals surface area (Å²) in [7, 11) is 0. The third-order valence-corrected chi connectivity index (χ3v) is 3.23. The van der Waals surface area contributed by atoms with Crippen molar-refractivity contribution in [2.45, 2.75) is 59.4 Å². The minimum atomic E-state index is -0.347. The number of carbonyl (C=O) groups excluding carboxylic acids is 2. The van der Waals surface area contributed by atoms with Gasteiger partial charge in [0.15, 0.2) is 5.78 Å². The highest BCUT2D eigenvalue weighted by Crippen LogP contribution is 2.08. The number of hydrogen-bond donors (Lipinski definition) is 2. The maximum atomic E-state index is 11.7. The molecule has 0 spiro atoms. The molecule has 0 heterocycles. The Bertz CT molecular complexity index is 265. The van der Waals surface area contributed by atoms with E-state index in [-0.39, 0.29) is 29.6 Å². The number of nitrogens with one attached hydrogen (secondary N) is 1. The van der Waals surface area contributed by atoms with Gasteiger partial charge in [0.05, 0.1) is 6.04 Å². The van der Waals surface area contributed by atoms with Crippen LogP contribution in [-0.2, 0) is 9.59 Å². The van der Waals surface area contributed by atoms with Crippen LogP contribution in [0.1, 0.15) is 53.4 Å². The van der Waals surface area contributed by atoms with E-state index in [2.05, 4.69) is 5.32 Å². The van der Waals surface area contributed by atoms with Crippen molar-refractivity contribution in [3.05, 3.63) is 0 Å². The third kappa shape index (κ3) is 6.74. The molecule has 0 saturated heterocycles. The van der Waals surface area contributed by atoms with Crippen LogP contribution in [0.4, 0.5) is 0 Å². The molecule has 0 aliphatic heterocycles. The van der Waals surface area contributed by atoms with Crippen molar-refractivity contribution in [2.75, 3.05) is 6.54 Å². The van der Waals surface area contributed by atoms with Crippen LogP contribution in [0.25, 0.3) is 0 Å². The minimum Gasteiger partial charge on any atom is -0.356 e. The van der Waals surface area contributed by atoms with E-state index in [9.17, 15) is 9.59 Å². The van der Waals surface area contributed by atoms with E-state index in [0.717, 1.165) is 19.3 Å². The number of unbranched alkanes of at least 4 members (excludes halogenated alkanes) is 1. The van der Waals surface area contributed by atoms with Crippen LogP contribution < -0.4 is 11.1 Å². The highest BCUT2D eigenvalue weighted by Gasteiger charge is 2.18. The summed E-state index contributed by atoms with van der Waals surface area (Å²) < 4.78 is 0. The fourth-order valence-corrected chi connectivity index (χ4v) is 1.61. The van der Waals surface area contributed by atoms with Gasteiger partial charge in [0, 0.05) is 18.4 Å². The van der Waals surface area contributed by atoms with Crippen molar-refractivity contribution in [3.8, 4) is 0 Å². The zero-order chi connectivity index (χ0) is 14.1. The highest BCUT2D eigenvalue weighted by atomic mass is 16.1. The summed E-state index contributed by atoms with van der Waals surface area (Å²) in [4.78, 5) is 23.0. The Hall–Kier alpha value is -0.900. The SMILES string of the molecule is CCC(C)C(=O)C(N)CCCCNC(=O)C(C)C. The molecule has 0 aliphatic rings. The van der Waals surface area contributed by atoms with Crippen molar-refractivity contribution in [2.24, 2.45) is 17.6 Å². The Labute approximate surface area is 111 Å². The largest absolute Gasteiger partial charge is 0.356 e. The second-order valence-electron chi connectivity index (χ2n) is 5.26. The van der Waals surface area contributed by atoms with Gasteiger partial charge in [0.25, 0.3) is 0 Å². The zero-order valence-corrected chi connectivity index (χ0v) is 12.2. The second kappa shape index (κ2) is 9.09. The Morgan fingerprint density at radius 2 is 1.78 bits per heavy atom. The molecule has 3 N–H and O–H groups in total. The lowest BCUT2D eigenvalue weighted by molar-refractivity contribution is -0.124. The van der Waals surface area contributed by atoms with Gasteiger partial charge in [0.1, 0.15) is 0 Å². The van der Waals surface area contributed by atoms with Crippen molar-refractivity contribution >= 4 is 11.7 Å². The van der Waals surface area contributed by atoms with Gasteiger partial charge >= 0.3 is 0 Å². The molecule has 1 amide bonds. The van der Waals surface area contributed by atoms with Crippen molar-refractivity contribution in [3.63, 3.8) is 0 Å². The highest BCUT2D eigenvalue weighted by molar-refractivity contribution is 5.85. The topological polar surface area (TPSA) is 72.2 Å². The van der Waals surface area contributed by atoms with E-state index in [1.165, 1.54) is 0 Å². The van der Waals surface area contributed by atoms with Gasteiger partial charge in [-0.05, 0) is 25.7 Å². The second-order valence-corrected chi connectivity index (χ2v) is 5.26. The van der Waals surface area contributed by atoms with Crippen LogP contribution >= 0.6 is 0 Å². The summed E-state index contributed by atoms with van der Waals surface area (Å²) in [6.45, 7) is 8.33. The molecule has 4 heteroatoms. The molecule has 0 saturated carbocycles. The maximum absolute atomic E-state index is 11.7. The first-order chi connectivity index (χ1) is 8.40. The summed E-state index contributed by atoms with van der Waals surface area (Å²) >= 11 is 0. The first-order valence-corrected chi connectivity index (χ1v) is 6.97. The summed E-state index contributed by atoms with van der Waals surface area (Å²) in [5.41, 5.74) is 5.85. The fourth-order valence-electron chi connectivity index (χ4n) is 1.61. The van der Waals surface area contributed by atoms with Crippen molar-refractivity contribution in [1.82, 2.24) is 5.32 Å². The molecule has 2 unspecified atom stereocenters. The summed E-state index contributed by atoms with van der Waals surface area (Å²) in [5, 5.41) is 2.85. The lowest BCUT2D eigenvalue weighted by atomic mass is 9.95. The molecule has 4 nitrogen and oxygen atoms in total. The van der Waals surface area contributed by atoms with Crippen LogP contribution in [0.3, 0.4) is 0 Å². The number of nitrogens with two attached hydrogens (primary N) is 1. The Balaban J connectivity index is 3.66. The number of ketones is 1. The first kappa shape index (κ1) is 17.1. The van der Waals surface area contributed by atoms with E-state index in [4.69, 9.17) is 5.73 Å². The van der Waals surface area contributed by atoms with Crippen LogP contribution in [0.2, 0.25) is 0 Å². The van der Waals surface area contributed by atoms with Crippen LogP contribution in [0.5, 0.6) is 0 Å².